The third-order valence-electron chi connectivity index (χ3n) is 3.09. The van der Waals surface area contributed by atoms with E-state index in [4.69, 9.17) is 21.1 Å². The molecule has 0 aromatic heterocycles. The van der Waals surface area contributed by atoms with Crippen LogP contribution in [0.25, 0.3) is 0 Å². The van der Waals surface area contributed by atoms with E-state index in [9.17, 15) is 8.42 Å². The lowest BCUT2D eigenvalue weighted by Gasteiger charge is -2.06. The fourth-order valence-corrected chi connectivity index (χ4v) is 3.01. The first kappa shape index (κ1) is 19.1. The third kappa shape index (κ3) is 5.37. The molecular weight excluding hydrogens is 364 g/mol. The summed E-state index contributed by atoms with van der Waals surface area (Å²) in [4.78, 5) is 2.26. The molecule has 1 N–H and O–H groups in total. The zero-order valence-electron chi connectivity index (χ0n) is 13.9. The molecule has 2 aromatic rings. The first-order chi connectivity index (χ1) is 12.0. The molecule has 0 aliphatic rings. The molecule has 0 unspecified atom stereocenters. The minimum atomic E-state index is -3.75. The third-order valence-corrected chi connectivity index (χ3v) is 4.62. The van der Waals surface area contributed by atoms with E-state index in [-0.39, 0.29) is 4.90 Å². The second-order valence-corrected chi connectivity index (χ2v) is 6.95. The molecule has 0 spiro atoms. The summed E-state index contributed by atoms with van der Waals surface area (Å²) < 4.78 is 35.0. The van der Waals surface area contributed by atoms with Crippen LogP contribution < -0.4 is 14.3 Å². The summed E-state index contributed by atoms with van der Waals surface area (Å²) in [6.07, 6.45) is 1.37. The number of rotatable bonds is 8. The van der Waals surface area contributed by atoms with Gasteiger partial charge in [-0.3, -0.25) is 0 Å². The van der Waals surface area contributed by atoms with Crippen molar-refractivity contribution in [3.8, 4) is 11.5 Å². The van der Waals surface area contributed by atoms with Crippen molar-refractivity contribution in [3.05, 3.63) is 53.1 Å². The van der Waals surface area contributed by atoms with Crippen LogP contribution in [0.1, 0.15) is 19.4 Å². The number of hydrazone groups is 1. The highest BCUT2D eigenvalue weighted by molar-refractivity contribution is 7.89. The number of sulfonamides is 1. The van der Waals surface area contributed by atoms with Crippen molar-refractivity contribution in [2.45, 2.75) is 18.7 Å². The van der Waals surface area contributed by atoms with Crippen LogP contribution in [0.3, 0.4) is 0 Å². The van der Waals surface area contributed by atoms with Crippen LogP contribution in [0.2, 0.25) is 5.02 Å². The van der Waals surface area contributed by atoms with E-state index in [1.807, 2.05) is 13.8 Å². The molecule has 8 heteroatoms. The van der Waals surface area contributed by atoms with Gasteiger partial charge >= 0.3 is 0 Å². The lowest BCUT2D eigenvalue weighted by molar-refractivity contribution is 0.340. The van der Waals surface area contributed by atoms with Gasteiger partial charge in [0.25, 0.3) is 10.0 Å². The summed E-state index contributed by atoms with van der Waals surface area (Å²) in [5.74, 6) is 1.17. The Morgan fingerprint density at radius 3 is 2.36 bits per heavy atom. The number of nitrogens with one attached hydrogen (secondary N) is 1. The second-order valence-electron chi connectivity index (χ2n) is 4.88. The Morgan fingerprint density at radius 2 is 1.76 bits per heavy atom. The van der Waals surface area contributed by atoms with E-state index in [1.165, 1.54) is 18.3 Å². The molecule has 0 fully saturated rings. The summed E-state index contributed by atoms with van der Waals surface area (Å²) >= 11 is 6.08. The van der Waals surface area contributed by atoms with Crippen molar-refractivity contribution in [3.63, 3.8) is 0 Å². The molecule has 6 nitrogen and oxygen atoms in total. The maximum absolute atomic E-state index is 12.2. The number of nitrogens with zero attached hydrogens (tertiary/aromatic N) is 1. The van der Waals surface area contributed by atoms with Gasteiger partial charge in [0.2, 0.25) is 0 Å². The van der Waals surface area contributed by atoms with Gasteiger partial charge in [0.05, 0.1) is 29.3 Å². The van der Waals surface area contributed by atoms with Crippen molar-refractivity contribution in [1.82, 2.24) is 4.83 Å². The molecule has 25 heavy (non-hydrogen) atoms. The van der Waals surface area contributed by atoms with Crippen LogP contribution in [0, 0.1) is 0 Å². The highest BCUT2D eigenvalue weighted by Crippen LogP contribution is 2.24. The van der Waals surface area contributed by atoms with Crippen LogP contribution >= 0.6 is 11.6 Å². The van der Waals surface area contributed by atoms with Crippen molar-refractivity contribution >= 4 is 27.8 Å². The first-order valence-electron chi connectivity index (χ1n) is 7.66. The Morgan fingerprint density at radius 1 is 1.08 bits per heavy atom. The number of hydrogen-bond donors (Lipinski definition) is 1. The fourth-order valence-electron chi connectivity index (χ4n) is 1.97. The van der Waals surface area contributed by atoms with Gasteiger partial charge in [-0.2, -0.15) is 13.5 Å². The molecule has 0 aliphatic heterocycles. The Labute approximate surface area is 152 Å². The lowest BCUT2D eigenvalue weighted by Crippen LogP contribution is -2.18. The average Bonchev–Trinajstić information content (AvgIpc) is 2.58. The maximum atomic E-state index is 12.2. The van der Waals surface area contributed by atoms with Gasteiger partial charge in [-0.15, -0.1) is 0 Å². The van der Waals surface area contributed by atoms with Crippen LogP contribution in [-0.2, 0) is 10.0 Å². The van der Waals surface area contributed by atoms with E-state index in [0.29, 0.717) is 35.3 Å². The molecule has 2 rings (SSSR count). The lowest BCUT2D eigenvalue weighted by atomic mass is 10.2. The standard InChI is InChI=1S/C17H19ClN2O4S/c1-3-23-14-6-8-15(9-7-14)25(21,22)20-19-12-13-5-10-17(24-4-2)16(18)11-13/h5-12,20H,3-4H2,1-2H3/b19-12+. The summed E-state index contributed by atoms with van der Waals surface area (Å²) in [5.41, 5.74) is 0.642. The SMILES string of the molecule is CCOc1ccc(S(=O)(=O)N/N=C/c2ccc(OCC)c(Cl)c2)cc1. The topological polar surface area (TPSA) is 77.0 Å². The predicted molar refractivity (Wildman–Crippen MR) is 98.1 cm³/mol. The largest absolute Gasteiger partial charge is 0.494 e. The maximum Gasteiger partial charge on any atom is 0.276 e. The van der Waals surface area contributed by atoms with Gasteiger partial charge in [-0.25, -0.2) is 4.83 Å². The summed E-state index contributed by atoms with van der Waals surface area (Å²) in [7, 11) is -3.75. The molecule has 2 aromatic carbocycles. The predicted octanol–water partition coefficient (Wildman–Crippen LogP) is 3.45. The van der Waals surface area contributed by atoms with E-state index in [0.717, 1.165) is 0 Å². The minimum absolute atomic E-state index is 0.0952. The Kier molecular flexibility index (Phi) is 6.66. The average molecular weight is 383 g/mol. The summed E-state index contributed by atoms with van der Waals surface area (Å²) in [6.45, 7) is 4.74. The number of benzene rings is 2. The molecule has 0 atom stereocenters. The highest BCUT2D eigenvalue weighted by Gasteiger charge is 2.12. The van der Waals surface area contributed by atoms with Gasteiger partial charge in [0.1, 0.15) is 11.5 Å². The second kappa shape index (κ2) is 8.73. The quantitative estimate of drug-likeness (QED) is 0.560. The highest BCUT2D eigenvalue weighted by atomic mass is 35.5. The van der Waals surface area contributed by atoms with Crippen molar-refractivity contribution in [2.24, 2.45) is 5.10 Å². The molecule has 0 saturated carbocycles. The van der Waals surface area contributed by atoms with Gasteiger partial charge < -0.3 is 9.47 Å². The molecule has 0 aliphatic carbocycles. The fraction of sp³-hybridized carbons (Fsp3) is 0.235. The van der Waals surface area contributed by atoms with Crippen LogP contribution in [0.5, 0.6) is 11.5 Å². The Hall–Kier alpha value is -2.25. The Bertz CT molecular complexity index is 836. The van der Waals surface area contributed by atoms with E-state index in [2.05, 4.69) is 9.93 Å². The van der Waals surface area contributed by atoms with Gasteiger partial charge in [0, 0.05) is 0 Å². The van der Waals surface area contributed by atoms with Crippen molar-refractivity contribution in [2.75, 3.05) is 13.2 Å². The zero-order chi connectivity index (χ0) is 18.3. The monoisotopic (exact) mass is 382 g/mol. The van der Waals surface area contributed by atoms with Crippen LogP contribution in [0.15, 0.2) is 52.5 Å². The molecule has 0 saturated heterocycles. The number of hydrogen-bond acceptors (Lipinski definition) is 5. The van der Waals surface area contributed by atoms with Crippen LogP contribution in [-0.4, -0.2) is 27.8 Å². The zero-order valence-corrected chi connectivity index (χ0v) is 15.5. The summed E-state index contributed by atoms with van der Waals surface area (Å²) in [5, 5.41) is 4.20. The van der Waals surface area contributed by atoms with E-state index in [1.54, 1.807) is 30.3 Å². The minimum Gasteiger partial charge on any atom is -0.494 e. The van der Waals surface area contributed by atoms with Gasteiger partial charge in [-0.1, -0.05) is 11.6 Å². The molecule has 0 heterocycles. The summed E-state index contributed by atoms with van der Waals surface area (Å²) in [6, 6.07) is 11.2. The first-order valence-corrected chi connectivity index (χ1v) is 9.52. The van der Waals surface area contributed by atoms with E-state index < -0.39 is 10.0 Å². The van der Waals surface area contributed by atoms with Crippen molar-refractivity contribution in [1.29, 1.82) is 0 Å². The van der Waals surface area contributed by atoms with Crippen molar-refractivity contribution < 1.29 is 17.9 Å². The molecule has 0 amide bonds. The molecular formula is C17H19ClN2O4S. The molecule has 0 bridgehead atoms. The van der Waals surface area contributed by atoms with E-state index >= 15 is 0 Å². The normalized spacial score (nSPS) is 11.5. The number of ether oxygens (including phenoxy) is 2. The molecule has 0 radical (unpaired) electrons. The smallest absolute Gasteiger partial charge is 0.276 e. The Balaban J connectivity index is 2.05. The molecule has 134 valence electrons. The van der Waals surface area contributed by atoms with Gasteiger partial charge in [-0.05, 0) is 61.9 Å². The number of halogens is 1. The van der Waals surface area contributed by atoms with Gasteiger partial charge in [0.15, 0.2) is 0 Å². The van der Waals surface area contributed by atoms with Crippen LogP contribution in [0.4, 0.5) is 0 Å².